The van der Waals surface area contributed by atoms with E-state index < -0.39 is 0 Å². The summed E-state index contributed by atoms with van der Waals surface area (Å²) in [6, 6.07) is 0. The number of rotatable bonds is 7. The molecule has 0 aliphatic rings. The zero-order valence-corrected chi connectivity index (χ0v) is 12.6. The Balaban J connectivity index is 1.80. The highest BCUT2D eigenvalue weighted by Gasteiger charge is 2.14. The number of carbonyl (C=O) groups is 1. The Morgan fingerprint density at radius 3 is 2.76 bits per heavy atom. The summed E-state index contributed by atoms with van der Waals surface area (Å²) >= 11 is 0. The van der Waals surface area contributed by atoms with Gasteiger partial charge in [-0.2, -0.15) is 10.1 Å². The van der Waals surface area contributed by atoms with E-state index in [0.29, 0.717) is 36.9 Å². The van der Waals surface area contributed by atoms with Crippen molar-refractivity contribution >= 4 is 5.91 Å². The van der Waals surface area contributed by atoms with Gasteiger partial charge in [-0.3, -0.25) is 9.89 Å². The number of hydrogen-bond donors (Lipinski definition) is 1. The summed E-state index contributed by atoms with van der Waals surface area (Å²) in [5, 5.41) is 10.6. The van der Waals surface area contributed by atoms with Crippen LogP contribution in [0.15, 0.2) is 4.52 Å². The van der Waals surface area contributed by atoms with E-state index in [-0.39, 0.29) is 5.91 Å². The molecule has 2 rings (SSSR count). The molecule has 114 valence electrons. The van der Waals surface area contributed by atoms with Crippen molar-refractivity contribution in [3.63, 3.8) is 0 Å². The van der Waals surface area contributed by atoms with Gasteiger partial charge >= 0.3 is 0 Å². The van der Waals surface area contributed by atoms with Gasteiger partial charge in [0.2, 0.25) is 11.8 Å². The normalized spacial score (nSPS) is 10.8. The van der Waals surface area contributed by atoms with Gasteiger partial charge in [0.25, 0.3) is 0 Å². The van der Waals surface area contributed by atoms with Crippen molar-refractivity contribution in [1.82, 2.24) is 30.2 Å². The zero-order valence-electron chi connectivity index (χ0n) is 12.6. The van der Waals surface area contributed by atoms with Crippen LogP contribution in [0.5, 0.6) is 0 Å². The lowest BCUT2D eigenvalue weighted by Gasteiger charge is -2.14. The minimum atomic E-state index is -0.00676. The first-order valence-electron chi connectivity index (χ1n) is 7.01. The Hall–Kier alpha value is -2.25. The van der Waals surface area contributed by atoms with E-state index in [2.05, 4.69) is 32.2 Å². The molecule has 0 bridgehead atoms. The van der Waals surface area contributed by atoms with E-state index in [9.17, 15) is 4.79 Å². The molecule has 8 heteroatoms. The molecule has 0 aromatic carbocycles. The number of nitrogens with zero attached hydrogens (tertiary/aromatic N) is 5. The van der Waals surface area contributed by atoms with E-state index in [4.69, 9.17) is 4.52 Å². The van der Waals surface area contributed by atoms with Crippen LogP contribution in [0.4, 0.5) is 0 Å². The zero-order chi connectivity index (χ0) is 15.2. The number of carbonyl (C=O) groups excluding carboxylic acids is 1. The third-order valence-electron chi connectivity index (χ3n) is 2.98. The van der Waals surface area contributed by atoms with Crippen molar-refractivity contribution in [3.05, 3.63) is 23.4 Å². The van der Waals surface area contributed by atoms with Crippen LogP contribution in [0.2, 0.25) is 0 Å². The van der Waals surface area contributed by atoms with Gasteiger partial charge in [-0.15, -0.1) is 0 Å². The average molecular weight is 292 g/mol. The summed E-state index contributed by atoms with van der Waals surface area (Å²) in [5.74, 6) is 2.54. The van der Waals surface area contributed by atoms with Crippen molar-refractivity contribution in [2.75, 3.05) is 7.05 Å². The molecule has 0 spiro atoms. The topological polar surface area (TPSA) is 101 Å². The van der Waals surface area contributed by atoms with E-state index in [1.165, 1.54) is 0 Å². The van der Waals surface area contributed by atoms with Crippen LogP contribution >= 0.6 is 0 Å². The lowest BCUT2D eigenvalue weighted by molar-refractivity contribution is -0.130. The number of aromatic amines is 1. The molecule has 0 radical (unpaired) electrons. The lowest BCUT2D eigenvalue weighted by Crippen LogP contribution is -2.27. The van der Waals surface area contributed by atoms with Gasteiger partial charge in [0.15, 0.2) is 11.6 Å². The van der Waals surface area contributed by atoms with E-state index in [1.54, 1.807) is 11.9 Å². The van der Waals surface area contributed by atoms with Gasteiger partial charge in [-0.25, -0.2) is 4.98 Å². The third-order valence-corrected chi connectivity index (χ3v) is 2.98. The molecule has 0 fully saturated rings. The van der Waals surface area contributed by atoms with Gasteiger partial charge in [0.1, 0.15) is 5.82 Å². The second kappa shape index (κ2) is 6.96. The highest BCUT2D eigenvalue weighted by atomic mass is 16.5. The number of aryl methyl sites for hydroxylation is 3. The molecule has 0 saturated carbocycles. The molecule has 2 aromatic heterocycles. The molecule has 2 aromatic rings. The van der Waals surface area contributed by atoms with Crippen LogP contribution < -0.4 is 0 Å². The van der Waals surface area contributed by atoms with Gasteiger partial charge in [0, 0.05) is 26.3 Å². The highest BCUT2D eigenvalue weighted by molar-refractivity contribution is 5.75. The maximum atomic E-state index is 12.0. The van der Waals surface area contributed by atoms with Crippen molar-refractivity contribution < 1.29 is 9.32 Å². The Labute approximate surface area is 122 Å². The first-order valence-corrected chi connectivity index (χ1v) is 7.01. The van der Waals surface area contributed by atoms with Crippen molar-refractivity contribution in [3.8, 4) is 0 Å². The minimum absolute atomic E-state index is 0.00676. The molecule has 0 atom stereocenters. The summed E-state index contributed by atoms with van der Waals surface area (Å²) < 4.78 is 5.11. The average Bonchev–Trinajstić information content (AvgIpc) is 3.06. The van der Waals surface area contributed by atoms with Crippen LogP contribution in [0.25, 0.3) is 0 Å². The molecule has 1 amide bonds. The molecule has 0 aliphatic carbocycles. The standard InChI is InChI=1S/C13H20N6O2/c1-4-5-10-15-12(21-18-10)6-7-13(20)19(3)8-11-14-9(2)16-17-11/h4-8H2,1-3H3,(H,14,16,17). The summed E-state index contributed by atoms with van der Waals surface area (Å²) in [6.45, 7) is 4.26. The fourth-order valence-electron chi connectivity index (χ4n) is 1.88. The third kappa shape index (κ3) is 4.37. The second-order valence-corrected chi connectivity index (χ2v) is 4.94. The monoisotopic (exact) mass is 292 g/mol. The lowest BCUT2D eigenvalue weighted by atomic mass is 10.2. The van der Waals surface area contributed by atoms with E-state index in [0.717, 1.165) is 18.7 Å². The molecular weight excluding hydrogens is 272 g/mol. The minimum Gasteiger partial charge on any atom is -0.339 e. The van der Waals surface area contributed by atoms with Gasteiger partial charge in [-0.05, 0) is 13.3 Å². The number of aromatic nitrogens is 5. The Morgan fingerprint density at radius 1 is 1.29 bits per heavy atom. The van der Waals surface area contributed by atoms with E-state index >= 15 is 0 Å². The SMILES string of the molecule is CCCc1noc(CCC(=O)N(C)Cc2n[nH]c(C)n2)n1. The summed E-state index contributed by atoms with van der Waals surface area (Å²) in [5.41, 5.74) is 0. The molecule has 0 saturated heterocycles. The fourth-order valence-corrected chi connectivity index (χ4v) is 1.88. The molecule has 2 heterocycles. The van der Waals surface area contributed by atoms with Crippen LogP contribution in [-0.2, 0) is 24.2 Å². The quantitative estimate of drug-likeness (QED) is 0.818. The second-order valence-electron chi connectivity index (χ2n) is 4.94. The predicted molar refractivity (Wildman–Crippen MR) is 74.2 cm³/mol. The van der Waals surface area contributed by atoms with Gasteiger partial charge in [0.05, 0.1) is 6.54 Å². The predicted octanol–water partition coefficient (Wildman–Crippen LogP) is 1.04. The first kappa shape index (κ1) is 15.1. The Morgan fingerprint density at radius 2 is 2.10 bits per heavy atom. The maximum absolute atomic E-state index is 12.0. The van der Waals surface area contributed by atoms with Gasteiger partial charge < -0.3 is 9.42 Å². The van der Waals surface area contributed by atoms with Crippen LogP contribution in [-0.4, -0.2) is 43.2 Å². The van der Waals surface area contributed by atoms with Crippen LogP contribution in [0.1, 0.15) is 43.1 Å². The number of hydrogen-bond acceptors (Lipinski definition) is 6. The molecule has 8 nitrogen and oxygen atoms in total. The van der Waals surface area contributed by atoms with Crippen molar-refractivity contribution in [1.29, 1.82) is 0 Å². The number of H-pyrrole nitrogens is 1. The molecule has 21 heavy (non-hydrogen) atoms. The summed E-state index contributed by atoms with van der Waals surface area (Å²) in [6.07, 6.45) is 2.54. The molecule has 0 unspecified atom stereocenters. The number of nitrogens with one attached hydrogen (secondary N) is 1. The first-order chi connectivity index (χ1) is 10.1. The maximum Gasteiger partial charge on any atom is 0.227 e. The molecular formula is C13H20N6O2. The van der Waals surface area contributed by atoms with Gasteiger partial charge in [-0.1, -0.05) is 12.1 Å². The fraction of sp³-hybridized carbons (Fsp3) is 0.615. The molecule has 1 N–H and O–H groups in total. The Bertz CT molecular complexity index is 591. The summed E-state index contributed by atoms with van der Waals surface area (Å²) in [7, 11) is 1.73. The van der Waals surface area contributed by atoms with Crippen molar-refractivity contribution in [2.24, 2.45) is 0 Å². The van der Waals surface area contributed by atoms with Crippen LogP contribution in [0, 0.1) is 6.92 Å². The van der Waals surface area contributed by atoms with Crippen LogP contribution in [0.3, 0.4) is 0 Å². The summed E-state index contributed by atoms with van der Waals surface area (Å²) in [4.78, 5) is 22.0. The van der Waals surface area contributed by atoms with Crippen molar-refractivity contribution in [2.45, 2.75) is 46.1 Å². The number of amides is 1. The largest absolute Gasteiger partial charge is 0.339 e. The Kier molecular flexibility index (Phi) is 5.02. The van der Waals surface area contributed by atoms with E-state index in [1.807, 2.05) is 6.92 Å². The highest BCUT2D eigenvalue weighted by Crippen LogP contribution is 2.06. The molecule has 0 aliphatic heterocycles. The smallest absolute Gasteiger partial charge is 0.227 e.